The number of primary amides is 1. The lowest BCUT2D eigenvalue weighted by Crippen LogP contribution is -2.62. The van der Waals surface area contributed by atoms with Crippen LogP contribution in [0, 0.1) is 23.2 Å². The van der Waals surface area contributed by atoms with Crippen LogP contribution in [0.1, 0.15) is 63.2 Å². The number of carbonyl (C=O) groups is 3. The van der Waals surface area contributed by atoms with E-state index in [0.717, 1.165) is 32.1 Å². The van der Waals surface area contributed by atoms with Crippen LogP contribution in [0.15, 0.2) is 30.7 Å². The molecule has 10 nitrogen and oxygen atoms in total. The molecule has 6 rings (SSSR count). The van der Waals surface area contributed by atoms with Gasteiger partial charge in [-0.1, -0.05) is 0 Å². The summed E-state index contributed by atoms with van der Waals surface area (Å²) in [4.78, 5) is 37.3. The summed E-state index contributed by atoms with van der Waals surface area (Å²) in [5.41, 5.74) is 5.23. The zero-order valence-electron chi connectivity index (χ0n) is 20.4. The number of nitrogens with two attached hydrogens (primary N) is 1. The topological polar surface area (TPSA) is 137 Å². The zero-order valence-corrected chi connectivity index (χ0v) is 20.4. The smallest absolute Gasteiger partial charge is 0.257 e. The summed E-state index contributed by atoms with van der Waals surface area (Å²) in [6.45, 7) is 5.22. The van der Waals surface area contributed by atoms with Crippen LogP contribution < -0.4 is 16.4 Å². The van der Waals surface area contributed by atoms with E-state index < -0.39 is 11.0 Å². The fourth-order valence-corrected chi connectivity index (χ4v) is 6.79. The molecule has 35 heavy (non-hydrogen) atoms. The number of rotatable bonds is 7. The lowest BCUT2D eigenvalue weighted by atomic mass is 9.47. The van der Waals surface area contributed by atoms with Crippen molar-refractivity contribution >= 4 is 23.9 Å². The predicted octanol–water partition coefficient (Wildman–Crippen LogP) is 1.86. The second-order valence-electron chi connectivity index (χ2n) is 11.1. The van der Waals surface area contributed by atoms with Gasteiger partial charge in [0.05, 0.1) is 11.7 Å². The van der Waals surface area contributed by atoms with Crippen LogP contribution in [-0.2, 0) is 9.59 Å². The predicted molar refractivity (Wildman–Crippen MR) is 129 cm³/mol. The fourth-order valence-electron chi connectivity index (χ4n) is 6.79. The van der Waals surface area contributed by atoms with Crippen molar-refractivity contribution < 1.29 is 14.4 Å². The van der Waals surface area contributed by atoms with E-state index in [1.54, 1.807) is 40.2 Å². The van der Waals surface area contributed by atoms with Crippen LogP contribution in [0.5, 0.6) is 0 Å². The van der Waals surface area contributed by atoms with Crippen LogP contribution >= 0.6 is 0 Å². The van der Waals surface area contributed by atoms with Crippen molar-refractivity contribution in [1.29, 1.82) is 0 Å². The van der Waals surface area contributed by atoms with E-state index in [0.29, 0.717) is 17.3 Å². The van der Waals surface area contributed by atoms with E-state index in [1.165, 1.54) is 6.92 Å². The Morgan fingerprint density at radius 3 is 2.49 bits per heavy atom. The monoisotopic (exact) mass is 479 g/mol. The lowest BCUT2D eigenvalue weighted by Gasteiger charge is -2.58. The summed E-state index contributed by atoms with van der Waals surface area (Å²) in [5, 5.41) is 14.9. The molecule has 2 atom stereocenters. The standard InChI is InChI=1S/C25H33N7O3/c1-15(33)30-24(2,3)5-8-32-22(31-7-4-6-27-31)19(14-28-32)21(34)29-20-17-9-16-10-18(20)13-25(11-16,12-17)23(26)35/h4-8,14,16-18,20H,9-13H2,1-3H3,(H2,26,35)(H,29,34)(H,30,33)/b8-5+/t16?,17?,18?,20-,25-. The quantitative estimate of drug-likeness (QED) is 0.557. The van der Waals surface area contributed by atoms with Crippen molar-refractivity contribution in [3.63, 3.8) is 0 Å². The van der Waals surface area contributed by atoms with Gasteiger partial charge in [0.2, 0.25) is 11.8 Å². The minimum Gasteiger partial charge on any atom is -0.369 e. The summed E-state index contributed by atoms with van der Waals surface area (Å²) in [6.07, 6.45) is 13.0. The summed E-state index contributed by atoms with van der Waals surface area (Å²) < 4.78 is 3.20. The molecular formula is C25H33N7O3. The highest BCUT2D eigenvalue weighted by Gasteiger charge is 2.58. The van der Waals surface area contributed by atoms with Gasteiger partial charge >= 0.3 is 0 Å². The van der Waals surface area contributed by atoms with Gasteiger partial charge in [-0.15, -0.1) is 0 Å². The van der Waals surface area contributed by atoms with Crippen LogP contribution in [0.25, 0.3) is 12.0 Å². The summed E-state index contributed by atoms with van der Waals surface area (Å²) >= 11 is 0. The fraction of sp³-hybridized carbons (Fsp3) is 0.560. The Morgan fingerprint density at radius 1 is 1.17 bits per heavy atom. The Kier molecular flexibility index (Phi) is 5.56. The van der Waals surface area contributed by atoms with Gasteiger partial charge in [-0.25, -0.2) is 9.36 Å². The van der Waals surface area contributed by atoms with E-state index in [1.807, 2.05) is 19.9 Å². The van der Waals surface area contributed by atoms with E-state index in [4.69, 9.17) is 5.73 Å². The van der Waals surface area contributed by atoms with E-state index in [9.17, 15) is 14.4 Å². The second-order valence-corrected chi connectivity index (χ2v) is 11.1. The van der Waals surface area contributed by atoms with Gasteiger partial charge in [0.1, 0.15) is 5.56 Å². The SMILES string of the molecule is CC(=O)NC(C)(C)/C=C/n1ncc(C(=O)N[C@H]2C3CC4CC2C[C@](C(N)=O)(C4)C3)c1-n1cccn1. The molecule has 4 aliphatic rings. The Hall–Kier alpha value is -3.43. The van der Waals surface area contributed by atoms with Gasteiger partial charge in [-0.2, -0.15) is 10.2 Å². The number of carbonyl (C=O) groups excluding carboxylic acids is 3. The first-order valence-electron chi connectivity index (χ1n) is 12.2. The number of hydrogen-bond donors (Lipinski definition) is 3. The van der Waals surface area contributed by atoms with Gasteiger partial charge in [0, 0.05) is 37.0 Å². The number of nitrogens with zero attached hydrogens (tertiary/aromatic N) is 4. The molecule has 0 spiro atoms. The number of aromatic nitrogens is 4. The van der Waals surface area contributed by atoms with E-state index >= 15 is 0 Å². The molecule has 4 N–H and O–H groups in total. The Labute approximate surface area is 204 Å². The average molecular weight is 480 g/mol. The second kappa shape index (κ2) is 8.35. The first-order valence-corrected chi connectivity index (χ1v) is 12.2. The number of amides is 3. The zero-order chi connectivity index (χ0) is 25.0. The summed E-state index contributed by atoms with van der Waals surface area (Å²) in [5.74, 6) is 1.03. The average Bonchev–Trinajstić information content (AvgIpc) is 3.42. The maximum Gasteiger partial charge on any atom is 0.257 e. The maximum absolute atomic E-state index is 13.5. The molecule has 3 amide bonds. The third kappa shape index (κ3) is 4.26. The highest BCUT2D eigenvalue weighted by Crippen LogP contribution is 2.59. The molecule has 0 aliphatic heterocycles. The van der Waals surface area contributed by atoms with Gasteiger partial charge in [0.15, 0.2) is 5.82 Å². The third-order valence-corrected chi connectivity index (χ3v) is 7.96. The van der Waals surface area contributed by atoms with Gasteiger partial charge < -0.3 is 16.4 Å². The minimum atomic E-state index is -0.599. The Bertz CT molecular complexity index is 1160. The van der Waals surface area contributed by atoms with Crippen molar-refractivity contribution in [2.24, 2.45) is 28.9 Å². The van der Waals surface area contributed by atoms with E-state index in [-0.39, 0.29) is 35.6 Å². The summed E-state index contributed by atoms with van der Waals surface area (Å²) in [7, 11) is 0. The van der Waals surface area contributed by atoms with Crippen LogP contribution in [0.2, 0.25) is 0 Å². The Balaban J connectivity index is 1.40. The number of nitrogens with one attached hydrogen (secondary N) is 2. The molecule has 0 aromatic carbocycles. The van der Waals surface area contributed by atoms with Crippen molar-refractivity contribution in [2.75, 3.05) is 0 Å². The summed E-state index contributed by atoms with van der Waals surface area (Å²) in [6, 6.07) is 1.81. The molecule has 4 bridgehead atoms. The molecule has 2 unspecified atom stereocenters. The van der Waals surface area contributed by atoms with Gasteiger partial charge in [-0.05, 0) is 75.8 Å². The van der Waals surface area contributed by atoms with Crippen molar-refractivity contribution in [3.8, 4) is 5.82 Å². The van der Waals surface area contributed by atoms with Gasteiger partial charge in [0.25, 0.3) is 5.91 Å². The highest BCUT2D eigenvalue weighted by molar-refractivity contribution is 5.97. The van der Waals surface area contributed by atoms with Crippen LogP contribution in [0.3, 0.4) is 0 Å². The van der Waals surface area contributed by atoms with Crippen molar-refractivity contribution in [2.45, 2.75) is 64.5 Å². The largest absolute Gasteiger partial charge is 0.369 e. The molecule has 4 fully saturated rings. The highest BCUT2D eigenvalue weighted by atomic mass is 16.2. The lowest BCUT2D eigenvalue weighted by molar-refractivity contribution is -0.145. The van der Waals surface area contributed by atoms with Gasteiger partial charge in [-0.3, -0.25) is 14.4 Å². The maximum atomic E-state index is 13.5. The third-order valence-electron chi connectivity index (χ3n) is 7.96. The van der Waals surface area contributed by atoms with Crippen molar-refractivity contribution in [1.82, 2.24) is 30.2 Å². The Morgan fingerprint density at radius 2 is 1.89 bits per heavy atom. The number of hydrogen-bond acceptors (Lipinski definition) is 5. The first-order chi connectivity index (χ1) is 16.6. The van der Waals surface area contributed by atoms with Crippen molar-refractivity contribution in [3.05, 3.63) is 36.3 Å². The molecule has 186 valence electrons. The normalized spacial score (nSPS) is 29.5. The molecule has 2 heterocycles. The molecule has 4 saturated carbocycles. The molecule has 0 saturated heterocycles. The minimum absolute atomic E-state index is 0.0228. The van der Waals surface area contributed by atoms with E-state index in [2.05, 4.69) is 20.8 Å². The molecule has 10 heteroatoms. The first kappa shape index (κ1) is 23.3. The van der Waals surface area contributed by atoms with Crippen LogP contribution in [-0.4, -0.2) is 48.9 Å². The molecule has 2 aromatic rings. The van der Waals surface area contributed by atoms with Crippen LogP contribution in [0.4, 0.5) is 0 Å². The molecule has 4 aliphatic carbocycles. The molecular weight excluding hydrogens is 446 g/mol. The molecule has 2 aromatic heterocycles. The molecule has 0 radical (unpaired) electrons.